The lowest BCUT2D eigenvalue weighted by Crippen LogP contribution is -2.20. The first-order valence-electron chi connectivity index (χ1n) is 8.05. The van der Waals surface area contributed by atoms with Gasteiger partial charge in [-0.1, -0.05) is 12.1 Å². The summed E-state index contributed by atoms with van der Waals surface area (Å²) in [5.74, 6) is 0.992. The molecule has 0 spiro atoms. The summed E-state index contributed by atoms with van der Waals surface area (Å²) in [6.45, 7) is 2.07. The highest BCUT2D eigenvalue weighted by molar-refractivity contribution is 7.89. The molecule has 7 nitrogen and oxygen atoms in total. The maximum atomic E-state index is 12.2. The second-order valence-corrected chi connectivity index (χ2v) is 7.36. The molecule has 0 heterocycles. The SMILES string of the molecule is COc1ccc(/C(C)=C/C(=O)NCc2ccc(S(N)(=O)=O)cc2)c(OC)c1. The fourth-order valence-corrected chi connectivity index (χ4v) is 2.95. The molecule has 3 N–H and O–H groups in total. The Balaban J connectivity index is 2.06. The van der Waals surface area contributed by atoms with Gasteiger partial charge in [-0.15, -0.1) is 0 Å². The van der Waals surface area contributed by atoms with Gasteiger partial charge in [0.05, 0.1) is 19.1 Å². The van der Waals surface area contributed by atoms with E-state index in [1.807, 2.05) is 13.0 Å². The van der Waals surface area contributed by atoms with E-state index in [0.29, 0.717) is 11.5 Å². The van der Waals surface area contributed by atoms with E-state index in [1.54, 1.807) is 38.5 Å². The minimum atomic E-state index is -3.73. The zero-order valence-corrected chi connectivity index (χ0v) is 16.2. The number of hydrogen-bond acceptors (Lipinski definition) is 5. The normalized spacial score (nSPS) is 11.8. The summed E-state index contributed by atoms with van der Waals surface area (Å²) in [4.78, 5) is 12.2. The number of methoxy groups -OCH3 is 2. The number of sulfonamides is 1. The van der Waals surface area contributed by atoms with Gasteiger partial charge in [0, 0.05) is 24.3 Å². The van der Waals surface area contributed by atoms with Gasteiger partial charge in [-0.2, -0.15) is 0 Å². The Morgan fingerprint density at radius 1 is 1.11 bits per heavy atom. The molecule has 0 atom stereocenters. The van der Waals surface area contributed by atoms with Crippen LogP contribution in [0.1, 0.15) is 18.1 Å². The first kappa shape index (κ1) is 20.5. The van der Waals surface area contributed by atoms with E-state index in [0.717, 1.165) is 16.7 Å². The first-order valence-corrected chi connectivity index (χ1v) is 9.59. The molecule has 1 amide bonds. The van der Waals surface area contributed by atoms with Crippen LogP contribution in [0.2, 0.25) is 0 Å². The zero-order valence-electron chi connectivity index (χ0n) is 15.4. The van der Waals surface area contributed by atoms with Gasteiger partial charge < -0.3 is 14.8 Å². The summed E-state index contributed by atoms with van der Waals surface area (Å²) in [5.41, 5.74) is 2.27. The van der Waals surface area contributed by atoms with Gasteiger partial charge in [-0.05, 0) is 42.3 Å². The van der Waals surface area contributed by atoms with Crippen molar-refractivity contribution in [2.45, 2.75) is 18.4 Å². The van der Waals surface area contributed by atoms with E-state index in [4.69, 9.17) is 14.6 Å². The van der Waals surface area contributed by atoms with Crippen LogP contribution in [0.15, 0.2) is 53.4 Å². The molecule has 0 aliphatic heterocycles. The zero-order chi connectivity index (χ0) is 20.0. The quantitative estimate of drug-likeness (QED) is 0.704. The minimum Gasteiger partial charge on any atom is -0.497 e. The lowest BCUT2D eigenvalue weighted by atomic mass is 10.1. The van der Waals surface area contributed by atoms with Crippen molar-refractivity contribution in [1.82, 2.24) is 5.32 Å². The van der Waals surface area contributed by atoms with Crippen molar-refractivity contribution < 1.29 is 22.7 Å². The Morgan fingerprint density at radius 3 is 2.33 bits per heavy atom. The second kappa shape index (κ2) is 8.70. The fourth-order valence-electron chi connectivity index (χ4n) is 2.44. The van der Waals surface area contributed by atoms with Crippen molar-refractivity contribution >= 4 is 21.5 Å². The van der Waals surface area contributed by atoms with Gasteiger partial charge >= 0.3 is 0 Å². The van der Waals surface area contributed by atoms with Crippen LogP contribution in [-0.2, 0) is 21.4 Å². The molecule has 0 unspecified atom stereocenters. The molecule has 144 valence electrons. The number of ether oxygens (including phenoxy) is 2. The van der Waals surface area contributed by atoms with Gasteiger partial charge in [0.25, 0.3) is 0 Å². The van der Waals surface area contributed by atoms with Crippen LogP contribution < -0.4 is 19.9 Å². The van der Waals surface area contributed by atoms with Crippen molar-refractivity contribution in [1.29, 1.82) is 0 Å². The third-order valence-corrected chi connectivity index (χ3v) is 4.83. The fraction of sp³-hybridized carbons (Fsp3) is 0.211. The summed E-state index contributed by atoms with van der Waals surface area (Å²) >= 11 is 0. The molecule has 2 aromatic carbocycles. The Kier molecular flexibility index (Phi) is 6.59. The number of primary sulfonamides is 1. The predicted octanol–water partition coefficient (Wildman–Crippen LogP) is 2.07. The van der Waals surface area contributed by atoms with Gasteiger partial charge in [0.15, 0.2) is 0 Å². The Morgan fingerprint density at radius 2 is 1.78 bits per heavy atom. The highest BCUT2D eigenvalue weighted by atomic mass is 32.2. The Labute approximate surface area is 158 Å². The van der Waals surface area contributed by atoms with E-state index < -0.39 is 10.0 Å². The number of hydrogen-bond donors (Lipinski definition) is 2. The number of nitrogens with two attached hydrogens (primary N) is 1. The summed E-state index contributed by atoms with van der Waals surface area (Å²) in [6, 6.07) is 11.4. The van der Waals surface area contributed by atoms with Crippen LogP contribution >= 0.6 is 0 Å². The van der Waals surface area contributed by atoms with E-state index >= 15 is 0 Å². The summed E-state index contributed by atoms with van der Waals surface area (Å²) in [5, 5.41) is 7.81. The van der Waals surface area contributed by atoms with Gasteiger partial charge in [0.1, 0.15) is 11.5 Å². The number of rotatable bonds is 7. The molecule has 0 bridgehead atoms. The average molecular weight is 390 g/mol. The molecule has 2 aromatic rings. The van der Waals surface area contributed by atoms with Crippen molar-refractivity contribution in [3.8, 4) is 11.5 Å². The van der Waals surface area contributed by atoms with E-state index in [2.05, 4.69) is 5.32 Å². The molecular weight excluding hydrogens is 368 g/mol. The molecule has 0 fully saturated rings. The molecule has 0 radical (unpaired) electrons. The third-order valence-electron chi connectivity index (χ3n) is 3.90. The largest absolute Gasteiger partial charge is 0.497 e. The summed E-state index contributed by atoms with van der Waals surface area (Å²) < 4.78 is 33.0. The molecule has 0 aliphatic carbocycles. The maximum absolute atomic E-state index is 12.2. The average Bonchev–Trinajstić information content (AvgIpc) is 2.65. The first-order chi connectivity index (χ1) is 12.7. The van der Waals surface area contributed by atoms with Gasteiger partial charge in [0.2, 0.25) is 15.9 Å². The van der Waals surface area contributed by atoms with Crippen LogP contribution in [0.4, 0.5) is 0 Å². The summed E-state index contributed by atoms with van der Waals surface area (Å²) in [6.07, 6.45) is 1.48. The number of amides is 1. The number of nitrogens with one attached hydrogen (secondary N) is 1. The smallest absolute Gasteiger partial charge is 0.244 e. The minimum absolute atomic E-state index is 0.0277. The molecule has 0 aromatic heterocycles. The Hall–Kier alpha value is -2.84. The van der Waals surface area contributed by atoms with Crippen LogP contribution in [0.5, 0.6) is 11.5 Å². The lowest BCUT2D eigenvalue weighted by Gasteiger charge is -2.11. The van der Waals surface area contributed by atoms with Crippen molar-refractivity contribution in [3.63, 3.8) is 0 Å². The molecule has 8 heteroatoms. The van der Waals surface area contributed by atoms with Crippen LogP contribution in [0, 0.1) is 0 Å². The van der Waals surface area contributed by atoms with Gasteiger partial charge in [-0.3, -0.25) is 4.79 Å². The van der Waals surface area contributed by atoms with Crippen LogP contribution in [0.25, 0.3) is 5.57 Å². The lowest BCUT2D eigenvalue weighted by molar-refractivity contribution is -0.116. The van der Waals surface area contributed by atoms with E-state index in [-0.39, 0.29) is 17.3 Å². The molecule has 0 aliphatic rings. The second-order valence-electron chi connectivity index (χ2n) is 5.80. The predicted molar refractivity (Wildman–Crippen MR) is 103 cm³/mol. The highest BCUT2D eigenvalue weighted by Gasteiger charge is 2.09. The Bertz CT molecular complexity index is 951. The number of carbonyl (C=O) groups excluding carboxylic acids is 1. The van der Waals surface area contributed by atoms with Crippen LogP contribution in [0.3, 0.4) is 0 Å². The van der Waals surface area contributed by atoms with Crippen LogP contribution in [-0.4, -0.2) is 28.5 Å². The molecule has 0 saturated carbocycles. The topological polar surface area (TPSA) is 108 Å². The number of carbonyl (C=O) groups is 1. The molecule has 27 heavy (non-hydrogen) atoms. The number of benzene rings is 2. The van der Waals surface area contributed by atoms with E-state index in [9.17, 15) is 13.2 Å². The highest BCUT2D eigenvalue weighted by Crippen LogP contribution is 2.29. The molecular formula is C19H22N2O5S. The van der Waals surface area contributed by atoms with Crippen molar-refractivity contribution in [2.75, 3.05) is 14.2 Å². The standard InChI is InChI=1S/C19H22N2O5S/c1-13(17-9-6-15(25-2)11-18(17)26-3)10-19(22)21-12-14-4-7-16(8-5-14)27(20,23)24/h4-11H,12H2,1-3H3,(H,21,22)(H2,20,23,24)/b13-10+. The molecule has 2 rings (SSSR count). The molecule has 0 saturated heterocycles. The maximum Gasteiger partial charge on any atom is 0.244 e. The van der Waals surface area contributed by atoms with E-state index in [1.165, 1.54) is 18.2 Å². The summed E-state index contributed by atoms with van der Waals surface area (Å²) in [7, 11) is -0.605. The van der Waals surface area contributed by atoms with Gasteiger partial charge in [-0.25, -0.2) is 13.6 Å². The van der Waals surface area contributed by atoms with Crippen molar-refractivity contribution in [2.24, 2.45) is 5.14 Å². The third kappa shape index (κ3) is 5.57. The monoisotopic (exact) mass is 390 g/mol. The van der Waals surface area contributed by atoms with Crippen molar-refractivity contribution in [3.05, 3.63) is 59.7 Å². The number of allylic oxidation sites excluding steroid dienone is 1.